The summed E-state index contributed by atoms with van der Waals surface area (Å²) < 4.78 is 15.6. The van der Waals surface area contributed by atoms with Gasteiger partial charge in [0.25, 0.3) is 0 Å². The van der Waals surface area contributed by atoms with Crippen molar-refractivity contribution in [1.29, 1.82) is 0 Å². The van der Waals surface area contributed by atoms with Crippen LogP contribution in [0.25, 0.3) is 6.08 Å². The maximum Gasteiger partial charge on any atom is 0.335 e. The minimum Gasteiger partial charge on any atom is -0.504 e. The molecule has 2 aromatic carbocycles. The summed E-state index contributed by atoms with van der Waals surface area (Å²) in [5.74, 6) is -0.652. The molecule has 1 aliphatic rings. The Morgan fingerprint density at radius 3 is 2.30 bits per heavy atom. The van der Waals surface area contributed by atoms with Gasteiger partial charge in [-0.25, -0.2) is 4.79 Å². The maximum absolute atomic E-state index is 12.4. The number of aliphatic hydroxyl groups is 1. The number of carbonyl (C=O) groups excluding carboxylic acids is 1. The zero-order valence-electron chi connectivity index (χ0n) is 14.9. The molecule has 1 aliphatic heterocycles. The van der Waals surface area contributed by atoms with Gasteiger partial charge in [0.15, 0.2) is 23.0 Å². The number of benzene rings is 2. The van der Waals surface area contributed by atoms with Crippen molar-refractivity contribution in [3.63, 3.8) is 0 Å². The SMILES string of the molecule is COc1cc(/C=C2\C(=O)O[C@H](c3ccc(O)c(OC)c3)[C@H]2CO)ccc1O. The van der Waals surface area contributed by atoms with Gasteiger partial charge < -0.3 is 29.5 Å². The number of phenolic OH excluding ortho intramolecular Hbond substituents is 2. The van der Waals surface area contributed by atoms with Crippen LogP contribution < -0.4 is 9.47 Å². The smallest absolute Gasteiger partial charge is 0.335 e. The van der Waals surface area contributed by atoms with E-state index in [0.717, 1.165) is 0 Å². The normalized spacial score (nSPS) is 20.6. The molecule has 7 nitrogen and oxygen atoms in total. The standard InChI is InChI=1S/C20H20O7/c1-25-17-8-11(3-5-15(17)22)7-13-14(10-21)19(27-20(13)24)12-4-6-16(23)18(9-12)26-2/h3-9,14,19,21-23H,10H2,1-2H3/b13-7-/t14-,19+/m0/s1. The van der Waals surface area contributed by atoms with E-state index in [-0.39, 0.29) is 29.6 Å². The second-order valence-electron chi connectivity index (χ2n) is 6.08. The number of hydrogen-bond acceptors (Lipinski definition) is 7. The van der Waals surface area contributed by atoms with Gasteiger partial charge in [0.1, 0.15) is 6.10 Å². The molecule has 1 saturated heterocycles. The van der Waals surface area contributed by atoms with Crippen LogP contribution in [0.4, 0.5) is 0 Å². The van der Waals surface area contributed by atoms with E-state index in [1.807, 2.05) is 0 Å². The fourth-order valence-electron chi connectivity index (χ4n) is 3.08. The summed E-state index contributed by atoms with van der Waals surface area (Å²) in [5, 5.41) is 29.3. The molecule has 0 unspecified atom stereocenters. The van der Waals surface area contributed by atoms with Crippen LogP contribution in [0.5, 0.6) is 23.0 Å². The molecule has 1 fully saturated rings. The third kappa shape index (κ3) is 3.54. The van der Waals surface area contributed by atoms with Crippen LogP contribution >= 0.6 is 0 Å². The van der Waals surface area contributed by atoms with E-state index in [1.165, 1.54) is 26.4 Å². The average molecular weight is 372 g/mol. The van der Waals surface area contributed by atoms with Crippen molar-refractivity contribution in [3.8, 4) is 23.0 Å². The molecule has 2 aromatic rings. The highest BCUT2D eigenvalue weighted by Crippen LogP contribution is 2.42. The molecule has 0 aromatic heterocycles. The number of cyclic esters (lactones) is 1. The Balaban J connectivity index is 1.97. The summed E-state index contributed by atoms with van der Waals surface area (Å²) in [5.41, 5.74) is 1.53. The van der Waals surface area contributed by atoms with E-state index >= 15 is 0 Å². The average Bonchev–Trinajstić information content (AvgIpc) is 2.99. The summed E-state index contributed by atoms with van der Waals surface area (Å²) in [6.45, 7) is -0.305. The summed E-state index contributed by atoms with van der Waals surface area (Å²) in [4.78, 5) is 12.4. The predicted octanol–water partition coefficient (Wildman–Crippen LogP) is 2.41. The quantitative estimate of drug-likeness (QED) is 0.547. The summed E-state index contributed by atoms with van der Waals surface area (Å²) in [6.07, 6.45) is 0.894. The molecular weight excluding hydrogens is 352 g/mol. The molecule has 0 saturated carbocycles. The Hall–Kier alpha value is -3.19. The Bertz CT molecular complexity index is 888. The van der Waals surface area contributed by atoms with E-state index in [2.05, 4.69) is 0 Å². The van der Waals surface area contributed by atoms with Crippen LogP contribution in [0.3, 0.4) is 0 Å². The van der Waals surface area contributed by atoms with Crippen LogP contribution in [0.1, 0.15) is 17.2 Å². The van der Waals surface area contributed by atoms with E-state index in [1.54, 1.807) is 30.3 Å². The second-order valence-corrected chi connectivity index (χ2v) is 6.08. The largest absolute Gasteiger partial charge is 0.504 e. The van der Waals surface area contributed by atoms with Crippen molar-refractivity contribution in [2.24, 2.45) is 5.92 Å². The third-order valence-corrected chi connectivity index (χ3v) is 4.49. The van der Waals surface area contributed by atoms with Gasteiger partial charge in [0.2, 0.25) is 0 Å². The zero-order chi connectivity index (χ0) is 19.6. The van der Waals surface area contributed by atoms with Crippen molar-refractivity contribution < 1.29 is 34.3 Å². The fourth-order valence-corrected chi connectivity index (χ4v) is 3.08. The van der Waals surface area contributed by atoms with Crippen molar-refractivity contribution in [3.05, 3.63) is 53.1 Å². The van der Waals surface area contributed by atoms with E-state index in [0.29, 0.717) is 16.7 Å². The minimum atomic E-state index is -0.706. The number of esters is 1. The summed E-state index contributed by atoms with van der Waals surface area (Å²) in [6, 6.07) is 9.31. The molecule has 1 heterocycles. The first-order valence-corrected chi connectivity index (χ1v) is 8.25. The van der Waals surface area contributed by atoms with Crippen LogP contribution in [-0.4, -0.2) is 42.1 Å². The molecule has 3 rings (SSSR count). The van der Waals surface area contributed by atoms with Gasteiger partial charge >= 0.3 is 5.97 Å². The fraction of sp³-hybridized carbons (Fsp3) is 0.250. The number of ether oxygens (including phenoxy) is 3. The monoisotopic (exact) mass is 372 g/mol. The van der Waals surface area contributed by atoms with Gasteiger partial charge in [-0.1, -0.05) is 12.1 Å². The Morgan fingerprint density at radius 2 is 1.67 bits per heavy atom. The molecule has 3 N–H and O–H groups in total. The van der Waals surface area contributed by atoms with Crippen molar-refractivity contribution in [2.75, 3.05) is 20.8 Å². The Labute approximate surface area is 156 Å². The van der Waals surface area contributed by atoms with Gasteiger partial charge in [0, 0.05) is 5.57 Å². The lowest BCUT2D eigenvalue weighted by Gasteiger charge is -2.17. The van der Waals surface area contributed by atoms with Crippen LogP contribution in [0.2, 0.25) is 0 Å². The molecule has 0 aliphatic carbocycles. The summed E-state index contributed by atoms with van der Waals surface area (Å²) >= 11 is 0. The van der Waals surface area contributed by atoms with Gasteiger partial charge in [-0.2, -0.15) is 0 Å². The summed E-state index contributed by atoms with van der Waals surface area (Å²) in [7, 11) is 2.85. The topological polar surface area (TPSA) is 105 Å². The molecule has 142 valence electrons. The number of phenols is 2. The number of rotatable bonds is 5. The third-order valence-electron chi connectivity index (χ3n) is 4.49. The first-order chi connectivity index (χ1) is 13.0. The number of aliphatic hydroxyl groups excluding tert-OH is 1. The Kier molecular flexibility index (Phi) is 5.23. The lowest BCUT2D eigenvalue weighted by atomic mass is 9.91. The van der Waals surface area contributed by atoms with Gasteiger partial charge in [-0.3, -0.25) is 0 Å². The Morgan fingerprint density at radius 1 is 1.04 bits per heavy atom. The molecule has 2 atom stereocenters. The first-order valence-electron chi connectivity index (χ1n) is 8.25. The number of methoxy groups -OCH3 is 2. The van der Waals surface area contributed by atoms with E-state index < -0.39 is 18.0 Å². The molecule has 0 bridgehead atoms. The highest BCUT2D eigenvalue weighted by atomic mass is 16.6. The highest BCUT2D eigenvalue weighted by Gasteiger charge is 2.40. The van der Waals surface area contributed by atoms with Crippen molar-refractivity contribution in [2.45, 2.75) is 6.10 Å². The van der Waals surface area contributed by atoms with Crippen molar-refractivity contribution >= 4 is 12.0 Å². The van der Waals surface area contributed by atoms with Crippen LogP contribution in [-0.2, 0) is 9.53 Å². The highest BCUT2D eigenvalue weighted by molar-refractivity contribution is 5.96. The van der Waals surface area contributed by atoms with E-state index in [9.17, 15) is 20.1 Å². The van der Waals surface area contributed by atoms with Crippen LogP contribution in [0.15, 0.2) is 42.0 Å². The van der Waals surface area contributed by atoms with Gasteiger partial charge in [-0.15, -0.1) is 0 Å². The molecule has 0 radical (unpaired) electrons. The molecule has 0 amide bonds. The van der Waals surface area contributed by atoms with E-state index in [4.69, 9.17) is 14.2 Å². The number of carbonyl (C=O) groups is 1. The lowest BCUT2D eigenvalue weighted by molar-refractivity contribution is -0.139. The number of aromatic hydroxyl groups is 2. The predicted molar refractivity (Wildman–Crippen MR) is 96.7 cm³/mol. The van der Waals surface area contributed by atoms with Gasteiger partial charge in [0.05, 0.1) is 26.7 Å². The maximum atomic E-state index is 12.4. The molecular formula is C20H20O7. The molecule has 7 heteroatoms. The zero-order valence-corrected chi connectivity index (χ0v) is 14.9. The molecule has 27 heavy (non-hydrogen) atoms. The minimum absolute atomic E-state index is 0.0126. The lowest BCUT2D eigenvalue weighted by Crippen LogP contribution is -2.13. The van der Waals surface area contributed by atoms with Crippen molar-refractivity contribution in [1.82, 2.24) is 0 Å². The molecule has 0 spiro atoms. The van der Waals surface area contributed by atoms with Gasteiger partial charge in [-0.05, 0) is 41.5 Å². The first kappa shape index (κ1) is 18.6. The number of hydrogen-bond donors (Lipinski definition) is 3. The van der Waals surface area contributed by atoms with Crippen LogP contribution in [0, 0.1) is 5.92 Å². The second kappa shape index (κ2) is 7.59.